The number of nitrogens with zero attached hydrogens (tertiary/aromatic N) is 1. The summed E-state index contributed by atoms with van der Waals surface area (Å²) in [5.41, 5.74) is 2.69. The van der Waals surface area contributed by atoms with E-state index in [2.05, 4.69) is 0 Å². The molecule has 33 heavy (non-hydrogen) atoms. The summed E-state index contributed by atoms with van der Waals surface area (Å²) >= 11 is 0. The molecule has 4 aromatic carbocycles. The van der Waals surface area contributed by atoms with E-state index in [9.17, 15) is 14.4 Å². The van der Waals surface area contributed by atoms with Crippen molar-refractivity contribution in [1.82, 2.24) is 0 Å². The van der Waals surface area contributed by atoms with Crippen molar-refractivity contribution in [3.05, 3.63) is 131 Å². The number of fused-ring (bicyclic) bond motifs is 1. The second-order valence-electron chi connectivity index (χ2n) is 7.66. The van der Waals surface area contributed by atoms with Crippen LogP contribution < -0.4 is 9.64 Å². The molecule has 0 N–H and O–H groups in total. The Morgan fingerprint density at radius 3 is 1.70 bits per heavy atom. The Bertz CT molecular complexity index is 1270. The molecular weight excluding hydrogens is 414 g/mol. The fourth-order valence-corrected chi connectivity index (χ4v) is 4.04. The average Bonchev–Trinajstić information content (AvgIpc) is 3.11. The Labute approximate surface area is 190 Å². The summed E-state index contributed by atoms with van der Waals surface area (Å²) in [6, 6.07) is 32.0. The van der Waals surface area contributed by atoms with Gasteiger partial charge in [-0.15, -0.1) is 0 Å². The molecule has 5 rings (SSSR count). The van der Waals surface area contributed by atoms with Gasteiger partial charge in [0.1, 0.15) is 11.7 Å². The van der Waals surface area contributed by atoms with Gasteiger partial charge in [0.25, 0.3) is 11.8 Å². The molecule has 0 aliphatic carbocycles. The third-order valence-electron chi connectivity index (χ3n) is 5.59. The van der Waals surface area contributed by atoms with Crippen molar-refractivity contribution in [1.29, 1.82) is 0 Å². The van der Waals surface area contributed by atoms with Gasteiger partial charge in [-0.05, 0) is 35.4 Å². The van der Waals surface area contributed by atoms with Crippen LogP contribution in [0.15, 0.2) is 109 Å². The van der Waals surface area contributed by atoms with Crippen LogP contribution in [0.3, 0.4) is 0 Å². The van der Waals surface area contributed by atoms with Crippen LogP contribution in [0.5, 0.6) is 5.75 Å². The molecule has 2 amide bonds. The van der Waals surface area contributed by atoms with Crippen molar-refractivity contribution in [3.8, 4) is 5.75 Å². The van der Waals surface area contributed by atoms with Gasteiger partial charge in [0.15, 0.2) is 0 Å². The normalized spacial score (nSPS) is 12.7. The van der Waals surface area contributed by atoms with Crippen LogP contribution in [0.2, 0.25) is 0 Å². The topological polar surface area (TPSA) is 63.7 Å². The Morgan fingerprint density at radius 1 is 0.636 bits per heavy atom. The summed E-state index contributed by atoms with van der Waals surface area (Å²) in [6.45, 7) is 0. The van der Waals surface area contributed by atoms with E-state index in [-0.39, 0.29) is 5.75 Å². The Hall–Kier alpha value is -4.51. The van der Waals surface area contributed by atoms with Gasteiger partial charge >= 0.3 is 5.97 Å². The van der Waals surface area contributed by atoms with Crippen molar-refractivity contribution < 1.29 is 19.1 Å². The fraction of sp³-hybridized carbons (Fsp3) is 0.0357. The number of amides is 2. The zero-order valence-corrected chi connectivity index (χ0v) is 17.5. The monoisotopic (exact) mass is 433 g/mol. The Morgan fingerprint density at radius 2 is 1.15 bits per heavy atom. The highest BCUT2D eigenvalue weighted by Crippen LogP contribution is 2.32. The number of hydrogen-bond donors (Lipinski definition) is 0. The van der Waals surface area contributed by atoms with Crippen molar-refractivity contribution in [2.75, 3.05) is 4.90 Å². The summed E-state index contributed by atoms with van der Waals surface area (Å²) in [5, 5.41) is 0. The highest BCUT2D eigenvalue weighted by atomic mass is 16.5. The molecule has 1 aliphatic heterocycles. The lowest BCUT2D eigenvalue weighted by atomic mass is 9.91. The number of carbonyl (C=O) groups excluding carboxylic acids is 3. The van der Waals surface area contributed by atoms with Crippen LogP contribution >= 0.6 is 0 Å². The predicted octanol–water partition coefficient (Wildman–Crippen LogP) is 5.22. The van der Waals surface area contributed by atoms with Crippen LogP contribution in [0.4, 0.5) is 5.69 Å². The number of hydrogen-bond acceptors (Lipinski definition) is 4. The lowest BCUT2D eigenvalue weighted by molar-refractivity contribution is -0.135. The first-order valence-electron chi connectivity index (χ1n) is 10.5. The Balaban J connectivity index is 1.44. The van der Waals surface area contributed by atoms with Gasteiger partial charge in [-0.3, -0.25) is 14.4 Å². The lowest BCUT2D eigenvalue weighted by Crippen LogP contribution is -2.29. The average molecular weight is 433 g/mol. The largest absolute Gasteiger partial charge is 0.426 e. The summed E-state index contributed by atoms with van der Waals surface area (Å²) in [6.07, 6.45) is 0. The van der Waals surface area contributed by atoms with E-state index >= 15 is 0 Å². The van der Waals surface area contributed by atoms with Gasteiger partial charge in [-0.25, -0.2) is 4.90 Å². The number of rotatable bonds is 5. The first-order chi connectivity index (χ1) is 16.1. The van der Waals surface area contributed by atoms with Crippen molar-refractivity contribution in [3.63, 3.8) is 0 Å². The van der Waals surface area contributed by atoms with Gasteiger partial charge in [-0.1, -0.05) is 78.9 Å². The van der Waals surface area contributed by atoms with Gasteiger partial charge in [0.05, 0.1) is 16.8 Å². The number of ether oxygens (including phenoxy) is 1. The van der Waals surface area contributed by atoms with Gasteiger partial charge < -0.3 is 4.74 Å². The van der Waals surface area contributed by atoms with Crippen LogP contribution in [-0.2, 0) is 4.79 Å². The van der Waals surface area contributed by atoms with Crippen molar-refractivity contribution >= 4 is 23.5 Å². The number of imide groups is 1. The van der Waals surface area contributed by atoms with Gasteiger partial charge in [-0.2, -0.15) is 0 Å². The minimum atomic E-state index is -0.615. The summed E-state index contributed by atoms with van der Waals surface area (Å²) in [5.74, 6) is -1.61. The van der Waals surface area contributed by atoms with Gasteiger partial charge in [0.2, 0.25) is 0 Å². The first kappa shape index (κ1) is 20.4. The highest BCUT2D eigenvalue weighted by molar-refractivity contribution is 6.34. The van der Waals surface area contributed by atoms with E-state index < -0.39 is 23.7 Å². The minimum absolute atomic E-state index is 0.255. The molecule has 0 aromatic heterocycles. The van der Waals surface area contributed by atoms with Crippen LogP contribution in [-0.4, -0.2) is 17.8 Å². The SMILES string of the molecule is O=C(Oc1cccc(N2C(=O)c3ccccc3C2=O)c1)C(c1ccccc1)c1ccccc1. The molecule has 5 heteroatoms. The molecule has 1 aliphatic rings. The quantitative estimate of drug-likeness (QED) is 0.246. The molecule has 0 bridgehead atoms. The van der Waals surface area contributed by atoms with Crippen molar-refractivity contribution in [2.24, 2.45) is 0 Å². The zero-order valence-electron chi connectivity index (χ0n) is 17.5. The zero-order chi connectivity index (χ0) is 22.8. The standard InChI is InChI=1S/C28H19NO4/c30-26-23-16-7-8-17-24(23)27(31)29(26)21-14-9-15-22(18-21)33-28(32)25(19-10-3-1-4-11-19)20-12-5-2-6-13-20/h1-18,25H. The smallest absolute Gasteiger partial charge is 0.323 e. The molecule has 0 unspecified atom stereocenters. The van der Waals surface area contributed by atoms with Crippen LogP contribution in [0.1, 0.15) is 37.8 Å². The van der Waals surface area contributed by atoms with E-state index in [4.69, 9.17) is 4.74 Å². The van der Waals surface area contributed by atoms with E-state index in [1.54, 1.807) is 42.5 Å². The molecule has 1 heterocycles. The summed E-state index contributed by atoms with van der Waals surface area (Å²) in [7, 11) is 0. The van der Waals surface area contributed by atoms with E-state index in [1.165, 1.54) is 6.07 Å². The van der Waals surface area contributed by atoms with E-state index in [0.717, 1.165) is 16.0 Å². The molecule has 5 nitrogen and oxygen atoms in total. The summed E-state index contributed by atoms with van der Waals surface area (Å²) < 4.78 is 5.74. The third-order valence-corrected chi connectivity index (χ3v) is 5.59. The number of esters is 1. The maximum Gasteiger partial charge on any atom is 0.323 e. The second kappa shape index (κ2) is 8.55. The lowest BCUT2D eigenvalue weighted by Gasteiger charge is -2.18. The van der Waals surface area contributed by atoms with Crippen LogP contribution in [0.25, 0.3) is 0 Å². The highest BCUT2D eigenvalue weighted by Gasteiger charge is 2.36. The molecule has 0 saturated heterocycles. The molecule has 0 saturated carbocycles. The number of benzene rings is 4. The fourth-order valence-electron chi connectivity index (χ4n) is 4.04. The molecule has 160 valence electrons. The Kier molecular flexibility index (Phi) is 5.29. The molecule has 4 aromatic rings. The maximum absolute atomic E-state index is 13.3. The minimum Gasteiger partial charge on any atom is -0.426 e. The first-order valence-corrected chi connectivity index (χ1v) is 10.5. The maximum atomic E-state index is 13.3. The van der Waals surface area contributed by atoms with Crippen molar-refractivity contribution in [2.45, 2.75) is 5.92 Å². The predicted molar refractivity (Wildman–Crippen MR) is 124 cm³/mol. The number of carbonyl (C=O) groups is 3. The molecule has 0 radical (unpaired) electrons. The number of anilines is 1. The molecule has 0 fully saturated rings. The second-order valence-corrected chi connectivity index (χ2v) is 7.66. The van der Waals surface area contributed by atoms with E-state index in [1.807, 2.05) is 60.7 Å². The molecule has 0 atom stereocenters. The molecule has 0 spiro atoms. The summed E-state index contributed by atoms with van der Waals surface area (Å²) in [4.78, 5) is 40.0. The third kappa shape index (κ3) is 3.81. The van der Waals surface area contributed by atoms with Gasteiger partial charge in [0, 0.05) is 6.07 Å². The van der Waals surface area contributed by atoms with Crippen LogP contribution in [0, 0.1) is 0 Å². The molecular formula is C28H19NO4. The van der Waals surface area contributed by atoms with E-state index in [0.29, 0.717) is 16.8 Å².